The van der Waals surface area contributed by atoms with Crippen LogP contribution in [0.2, 0.25) is 0 Å². The van der Waals surface area contributed by atoms with Gasteiger partial charge in [0, 0.05) is 19.6 Å². The number of rotatable bonds is 7. The average Bonchev–Trinajstić information content (AvgIpc) is 2.15. The molecule has 1 aliphatic rings. The van der Waals surface area contributed by atoms with Gasteiger partial charge in [0.15, 0.2) is 0 Å². The van der Waals surface area contributed by atoms with Crippen LogP contribution in [0.15, 0.2) is 0 Å². The lowest BCUT2D eigenvalue weighted by molar-refractivity contribution is -0.143. The first-order chi connectivity index (χ1) is 7.26. The van der Waals surface area contributed by atoms with E-state index in [1.807, 2.05) is 6.92 Å². The molecule has 0 unspecified atom stereocenters. The maximum Gasteiger partial charge on any atom is 0.305 e. The standard InChI is InChI=1S/C11H21NO3/c1-3-15-11(13)5-4-6-12-9-7-10(8-9)14-2/h9-10,12H,3-8H2,1-2H3. The summed E-state index contributed by atoms with van der Waals surface area (Å²) in [5, 5.41) is 3.39. The van der Waals surface area contributed by atoms with Crippen LogP contribution in [0.1, 0.15) is 32.6 Å². The molecule has 0 saturated heterocycles. The van der Waals surface area contributed by atoms with Gasteiger partial charge in [0.2, 0.25) is 0 Å². The number of esters is 1. The van der Waals surface area contributed by atoms with Crippen LogP contribution in [0.4, 0.5) is 0 Å². The van der Waals surface area contributed by atoms with Crippen LogP contribution in [-0.4, -0.2) is 38.4 Å². The third-order valence-corrected chi connectivity index (χ3v) is 2.72. The monoisotopic (exact) mass is 215 g/mol. The molecule has 0 spiro atoms. The summed E-state index contributed by atoms with van der Waals surface area (Å²) < 4.78 is 10.0. The lowest BCUT2D eigenvalue weighted by atomic mass is 9.89. The predicted molar refractivity (Wildman–Crippen MR) is 57.7 cm³/mol. The Kier molecular flexibility index (Phi) is 5.65. The molecule has 0 aromatic heterocycles. The van der Waals surface area contributed by atoms with Crippen molar-refractivity contribution in [1.82, 2.24) is 5.32 Å². The zero-order valence-corrected chi connectivity index (χ0v) is 9.62. The van der Waals surface area contributed by atoms with Gasteiger partial charge in [0.1, 0.15) is 0 Å². The largest absolute Gasteiger partial charge is 0.466 e. The molecule has 15 heavy (non-hydrogen) atoms. The van der Waals surface area contributed by atoms with Crippen LogP contribution in [0.5, 0.6) is 0 Å². The highest BCUT2D eigenvalue weighted by atomic mass is 16.5. The minimum absolute atomic E-state index is 0.0947. The van der Waals surface area contributed by atoms with E-state index in [0.29, 0.717) is 25.2 Å². The van der Waals surface area contributed by atoms with Gasteiger partial charge in [-0.2, -0.15) is 0 Å². The molecular formula is C11H21NO3. The van der Waals surface area contributed by atoms with Crippen molar-refractivity contribution >= 4 is 5.97 Å². The summed E-state index contributed by atoms with van der Waals surface area (Å²) in [4.78, 5) is 11.0. The van der Waals surface area contributed by atoms with Crippen molar-refractivity contribution in [1.29, 1.82) is 0 Å². The highest BCUT2D eigenvalue weighted by Crippen LogP contribution is 2.22. The Labute approximate surface area is 91.3 Å². The molecule has 88 valence electrons. The summed E-state index contributed by atoms with van der Waals surface area (Å²) in [5.41, 5.74) is 0. The Hall–Kier alpha value is -0.610. The zero-order chi connectivity index (χ0) is 11.1. The van der Waals surface area contributed by atoms with E-state index in [-0.39, 0.29) is 5.97 Å². The van der Waals surface area contributed by atoms with Crippen molar-refractivity contribution in [2.75, 3.05) is 20.3 Å². The second kappa shape index (κ2) is 6.80. The molecule has 4 nitrogen and oxygen atoms in total. The van der Waals surface area contributed by atoms with Gasteiger partial charge in [-0.05, 0) is 32.7 Å². The molecule has 0 radical (unpaired) electrons. The molecule has 0 bridgehead atoms. The normalized spacial score (nSPS) is 24.7. The predicted octanol–water partition coefficient (Wildman–Crippen LogP) is 1.10. The van der Waals surface area contributed by atoms with E-state index in [1.165, 1.54) is 0 Å². The Morgan fingerprint density at radius 3 is 2.80 bits per heavy atom. The molecule has 1 aliphatic carbocycles. The Bertz CT molecular complexity index is 190. The number of hydrogen-bond donors (Lipinski definition) is 1. The highest BCUT2D eigenvalue weighted by molar-refractivity contribution is 5.69. The van der Waals surface area contributed by atoms with E-state index in [4.69, 9.17) is 9.47 Å². The summed E-state index contributed by atoms with van der Waals surface area (Å²) in [6.07, 6.45) is 3.99. The molecule has 1 rings (SSSR count). The zero-order valence-electron chi connectivity index (χ0n) is 9.62. The van der Waals surface area contributed by atoms with Gasteiger partial charge in [0.25, 0.3) is 0 Å². The Morgan fingerprint density at radius 2 is 2.20 bits per heavy atom. The van der Waals surface area contributed by atoms with Crippen LogP contribution < -0.4 is 5.32 Å². The second-order valence-electron chi connectivity index (χ2n) is 3.89. The molecule has 0 aromatic carbocycles. The minimum atomic E-state index is -0.0947. The van der Waals surface area contributed by atoms with Gasteiger partial charge in [0.05, 0.1) is 12.7 Å². The summed E-state index contributed by atoms with van der Waals surface area (Å²) in [6.45, 7) is 3.19. The molecule has 0 atom stereocenters. The van der Waals surface area contributed by atoms with E-state index in [0.717, 1.165) is 25.8 Å². The van der Waals surface area contributed by atoms with Crippen LogP contribution in [0.25, 0.3) is 0 Å². The van der Waals surface area contributed by atoms with Crippen LogP contribution in [-0.2, 0) is 14.3 Å². The molecule has 1 N–H and O–H groups in total. The number of carbonyl (C=O) groups is 1. The van der Waals surface area contributed by atoms with E-state index in [1.54, 1.807) is 7.11 Å². The molecule has 1 saturated carbocycles. The van der Waals surface area contributed by atoms with Gasteiger partial charge in [-0.3, -0.25) is 4.79 Å². The summed E-state index contributed by atoms with van der Waals surface area (Å²) in [5.74, 6) is -0.0947. The summed E-state index contributed by atoms with van der Waals surface area (Å²) in [6, 6.07) is 0.581. The Balaban J connectivity index is 1.88. The maximum atomic E-state index is 11.0. The first-order valence-corrected chi connectivity index (χ1v) is 5.68. The highest BCUT2D eigenvalue weighted by Gasteiger charge is 2.27. The molecule has 1 fully saturated rings. The van der Waals surface area contributed by atoms with Gasteiger partial charge in [-0.15, -0.1) is 0 Å². The number of carbonyl (C=O) groups excluding carboxylic acids is 1. The lowest BCUT2D eigenvalue weighted by Gasteiger charge is -2.34. The second-order valence-corrected chi connectivity index (χ2v) is 3.89. The van der Waals surface area contributed by atoms with Gasteiger partial charge in [-0.25, -0.2) is 0 Å². The first kappa shape index (κ1) is 12.5. The molecule has 0 amide bonds. The molecule has 0 aliphatic heterocycles. The van der Waals surface area contributed by atoms with Crippen LogP contribution >= 0.6 is 0 Å². The van der Waals surface area contributed by atoms with Gasteiger partial charge < -0.3 is 14.8 Å². The third-order valence-electron chi connectivity index (χ3n) is 2.72. The lowest BCUT2D eigenvalue weighted by Crippen LogP contribution is -2.45. The number of methoxy groups -OCH3 is 1. The molecule has 0 heterocycles. The Morgan fingerprint density at radius 1 is 1.47 bits per heavy atom. The van der Waals surface area contributed by atoms with E-state index < -0.39 is 0 Å². The first-order valence-electron chi connectivity index (χ1n) is 5.68. The fourth-order valence-corrected chi connectivity index (χ4v) is 1.70. The van der Waals surface area contributed by atoms with Crippen LogP contribution in [0.3, 0.4) is 0 Å². The molecule has 4 heteroatoms. The van der Waals surface area contributed by atoms with E-state index >= 15 is 0 Å². The smallest absolute Gasteiger partial charge is 0.305 e. The van der Waals surface area contributed by atoms with Crippen molar-refractivity contribution in [2.45, 2.75) is 44.8 Å². The van der Waals surface area contributed by atoms with Gasteiger partial charge >= 0.3 is 5.97 Å². The fourth-order valence-electron chi connectivity index (χ4n) is 1.70. The topological polar surface area (TPSA) is 47.6 Å². The van der Waals surface area contributed by atoms with E-state index in [2.05, 4.69) is 5.32 Å². The van der Waals surface area contributed by atoms with Gasteiger partial charge in [-0.1, -0.05) is 0 Å². The number of hydrogen-bond acceptors (Lipinski definition) is 4. The van der Waals surface area contributed by atoms with E-state index in [9.17, 15) is 4.79 Å². The maximum absolute atomic E-state index is 11.0. The summed E-state index contributed by atoms with van der Waals surface area (Å²) in [7, 11) is 1.75. The SMILES string of the molecule is CCOC(=O)CCCNC1CC(OC)C1. The van der Waals surface area contributed by atoms with Crippen molar-refractivity contribution < 1.29 is 14.3 Å². The van der Waals surface area contributed by atoms with Crippen LogP contribution in [0, 0.1) is 0 Å². The fraction of sp³-hybridized carbons (Fsp3) is 0.909. The summed E-state index contributed by atoms with van der Waals surface area (Å²) >= 11 is 0. The molecule has 0 aromatic rings. The number of nitrogens with one attached hydrogen (secondary N) is 1. The van der Waals surface area contributed by atoms with Crippen molar-refractivity contribution in [3.63, 3.8) is 0 Å². The number of ether oxygens (including phenoxy) is 2. The molecular weight excluding hydrogens is 194 g/mol. The minimum Gasteiger partial charge on any atom is -0.466 e. The van der Waals surface area contributed by atoms with Crippen molar-refractivity contribution in [3.05, 3.63) is 0 Å². The van der Waals surface area contributed by atoms with Crippen molar-refractivity contribution in [3.8, 4) is 0 Å². The van der Waals surface area contributed by atoms with Crippen molar-refractivity contribution in [2.24, 2.45) is 0 Å². The third kappa shape index (κ3) is 4.62. The average molecular weight is 215 g/mol. The quantitative estimate of drug-likeness (QED) is 0.510.